The van der Waals surface area contributed by atoms with Crippen LogP contribution < -0.4 is 4.90 Å². The van der Waals surface area contributed by atoms with Crippen LogP contribution in [0, 0.1) is 0 Å². The molecule has 144 valence electrons. The number of ether oxygens (including phenoxy) is 2. The maximum atomic E-state index is 13.3. The van der Waals surface area contributed by atoms with Crippen LogP contribution in [-0.4, -0.2) is 26.2 Å². The number of halogens is 5. The third-order valence-corrected chi connectivity index (χ3v) is 4.09. The molecule has 1 aliphatic heterocycles. The lowest BCUT2D eigenvalue weighted by Gasteiger charge is -2.25. The summed E-state index contributed by atoms with van der Waals surface area (Å²) in [6.45, 7) is 0. The second-order valence-corrected chi connectivity index (χ2v) is 5.91. The van der Waals surface area contributed by atoms with Crippen LogP contribution in [0.3, 0.4) is 0 Å². The van der Waals surface area contributed by atoms with E-state index >= 15 is 0 Å². The van der Waals surface area contributed by atoms with Gasteiger partial charge in [0.1, 0.15) is 5.70 Å². The summed E-state index contributed by atoms with van der Waals surface area (Å²) in [6.07, 6.45) is 0.515. The summed E-state index contributed by atoms with van der Waals surface area (Å²) in [6, 6.07) is 1.79. The first kappa shape index (κ1) is 20.9. The molecule has 1 aliphatic rings. The van der Waals surface area contributed by atoms with Crippen molar-refractivity contribution < 1.29 is 32.2 Å². The molecule has 0 radical (unpaired) electrons. The number of hydrogen-bond acceptors (Lipinski definition) is 5. The number of allylic oxidation sites excluding steroid dienone is 2. The Morgan fingerprint density at radius 2 is 1.67 bits per heavy atom. The summed E-state index contributed by atoms with van der Waals surface area (Å²) in [4.78, 5) is 25.4. The van der Waals surface area contributed by atoms with E-state index in [4.69, 9.17) is 23.2 Å². The SMILES string of the molecule is COC(=O)C1=C(C(=O)OC)N(c2cc(Cl)cc(C(F)(F)F)c2Cl)C=CC=C1. The Kier molecular flexibility index (Phi) is 6.22. The Morgan fingerprint density at radius 1 is 1.04 bits per heavy atom. The number of benzene rings is 1. The molecule has 0 aliphatic carbocycles. The molecule has 0 amide bonds. The molecule has 0 fully saturated rings. The van der Waals surface area contributed by atoms with Crippen molar-refractivity contribution in [3.05, 3.63) is 63.4 Å². The number of carbonyl (C=O) groups is 2. The zero-order valence-corrected chi connectivity index (χ0v) is 15.4. The van der Waals surface area contributed by atoms with Gasteiger partial charge < -0.3 is 14.4 Å². The number of hydrogen-bond donors (Lipinski definition) is 0. The molecule has 1 heterocycles. The topological polar surface area (TPSA) is 55.8 Å². The minimum absolute atomic E-state index is 0.237. The number of methoxy groups -OCH3 is 2. The van der Waals surface area contributed by atoms with E-state index in [1.807, 2.05) is 0 Å². The van der Waals surface area contributed by atoms with E-state index in [9.17, 15) is 22.8 Å². The molecular formula is C17H12Cl2F3NO4. The first-order chi connectivity index (χ1) is 12.6. The van der Waals surface area contributed by atoms with Gasteiger partial charge in [0.05, 0.1) is 36.1 Å². The third-order valence-electron chi connectivity index (χ3n) is 3.47. The molecule has 0 N–H and O–H groups in total. The number of anilines is 1. The minimum Gasteiger partial charge on any atom is -0.465 e. The highest BCUT2D eigenvalue weighted by Gasteiger charge is 2.37. The Morgan fingerprint density at radius 3 is 2.22 bits per heavy atom. The molecule has 27 heavy (non-hydrogen) atoms. The molecule has 5 nitrogen and oxygen atoms in total. The summed E-state index contributed by atoms with van der Waals surface area (Å²) in [5, 5.41) is -0.972. The van der Waals surface area contributed by atoms with Gasteiger partial charge in [-0.2, -0.15) is 13.2 Å². The van der Waals surface area contributed by atoms with Crippen molar-refractivity contribution in [2.45, 2.75) is 6.18 Å². The molecule has 2 rings (SSSR count). The van der Waals surface area contributed by atoms with E-state index in [1.54, 1.807) is 0 Å². The fourth-order valence-electron chi connectivity index (χ4n) is 2.31. The molecule has 0 saturated carbocycles. The first-order valence-corrected chi connectivity index (χ1v) is 7.98. The molecule has 0 spiro atoms. The summed E-state index contributed by atoms with van der Waals surface area (Å²) >= 11 is 11.8. The Hall–Kier alpha value is -2.45. The molecule has 0 atom stereocenters. The lowest BCUT2D eigenvalue weighted by atomic mass is 10.1. The molecule has 10 heteroatoms. The van der Waals surface area contributed by atoms with E-state index < -0.39 is 28.7 Å². The highest BCUT2D eigenvalue weighted by molar-refractivity contribution is 6.36. The smallest absolute Gasteiger partial charge is 0.417 e. The molecule has 1 aromatic rings. The third kappa shape index (κ3) is 4.28. The molecule has 0 aromatic heterocycles. The summed E-state index contributed by atoms with van der Waals surface area (Å²) in [7, 11) is 2.15. The highest BCUT2D eigenvalue weighted by atomic mass is 35.5. The van der Waals surface area contributed by atoms with Crippen molar-refractivity contribution in [3.63, 3.8) is 0 Å². The summed E-state index contributed by atoms with van der Waals surface area (Å²) in [5.41, 5.74) is -2.08. The van der Waals surface area contributed by atoms with E-state index in [0.29, 0.717) is 6.07 Å². The number of rotatable bonds is 3. The first-order valence-electron chi connectivity index (χ1n) is 7.23. The van der Waals surface area contributed by atoms with Gasteiger partial charge in [-0.1, -0.05) is 29.3 Å². The van der Waals surface area contributed by atoms with Crippen molar-refractivity contribution in [1.82, 2.24) is 0 Å². The van der Waals surface area contributed by atoms with Crippen molar-refractivity contribution in [3.8, 4) is 0 Å². The van der Waals surface area contributed by atoms with E-state index in [2.05, 4.69) is 9.47 Å². The predicted octanol–water partition coefficient (Wildman–Crippen LogP) is 4.50. The van der Waals surface area contributed by atoms with Crippen LogP contribution in [0.1, 0.15) is 5.56 Å². The number of alkyl halides is 3. The number of nitrogens with zero attached hydrogens (tertiary/aromatic N) is 1. The van der Waals surface area contributed by atoms with Crippen LogP contribution in [-0.2, 0) is 25.2 Å². The molecule has 0 unspecified atom stereocenters. The maximum absolute atomic E-state index is 13.3. The van der Waals surface area contributed by atoms with Crippen molar-refractivity contribution in [1.29, 1.82) is 0 Å². The van der Waals surface area contributed by atoms with Gasteiger partial charge in [-0.15, -0.1) is 0 Å². The lowest BCUT2D eigenvalue weighted by molar-refractivity contribution is -0.139. The highest BCUT2D eigenvalue weighted by Crippen LogP contribution is 2.43. The maximum Gasteiger partial charge on any atom is 0.417 e. The van der Waals surface area contributed by atoms with Gasteiger partial charge in [-0.05, 0) is 24.3 Å². The van der Waals surface area contributed by atoms with Gasteiger partial charge in [0.25, 0.3) is 0 Å². The second-order valence-electron chi connectivity index (χ2n) is 5.10. The van der Waals surface area contributed by atoms with Gasteiger partial charge in [-0.3, -0.25) is 0 Å². The molecule has 0 bridgehead atoms. The Bertz CT molecular complexity index is 876. The fraction of sp³-hybridized carbons (Fsp3) is 0.176. The van der Waals surface area contributed by atoms with Gasteiger partial charge in [0.15, 0.2) is 0 Å². The molecular weight excluding hydrogens is 410 g/mol. The van der Waals surface area contributed by atoms with Gasteiger partial charge in [-0.25, -0.2) is 9.59 Å². The normalized spacial score (nSPS) is 14.3. The van der Waals surface area contributed by atoms with Crippen LogP contribution in [0.2, 0.25) is 10.0 Å². The standard InChI is InChI=1S/C17H12Cl2F3NO4/c1-26-15(24)10-5-3-4-6-23(14(10)16(25)27-2)12-8-9(18)7-11(13(12)19)17(20,21)22/h3-8H,1-2H3. The summed E-state index contributed by atoms with van der Waals surface area (Å²) in [5.74, 6) is -1.88. The predicted molar refractivity (Wildman–Crippen MR) is 93.3 cm³/mol. The van der Waals surface area contributed by atoms with Crippen LogP contribution in [0.15, 0.2) is 47.8 Å². The fourth-order valence-corrected chi connectivity index (χ4v) is 2.83. The average molecular weight is 422 g/mol. The van der Waals surface area contributed by atoms with Crippen LogP contribution in [0.5, 0.6) is 0 Å². The van der Waals surface area contributed by atoms with E-state index in [1.165, 1.54) is 24.4 Å². The molecule has 1 aromatic carbocycles. The summed E-state index contributed by atoms with van der Waals surface area (Å²) < 4.78 is 49.1. The number of carbonyl (C=O) groups excluding carboxylic acids is 2. The number of esters is 2. The van der Waals surface area contributed by atoms with E-state index in [0.717, 1.165) is 25.2 Å². The van der Waals surface area contributed by atoms with Crippen molar-refractivity contribution in [2.75, 3.05) is 19.1 Å². The van der Waals surface area contributed by atoms with Gasteiger partial charge in [0, 0.05) is 11.2 Å². The van der Waals surface area contributed by atoms with Crippen molar-refractivity contribution in [2.24, 2.45) is 0 Å². The zero-order valence-electron chi connectivity index (χ0n) is 13.9. The minimum atomic E-state index is -4.79. The monoisotopic (exact) mass is 421 g/mol. The van der Waals surface area contributed by atoms with Crippen LogP contribution in [0.4, 0.5) is 18.9 Å². The van der Waals surface area contributed by atoms with Crippen LogP contribution >= 0.6 is 23.2 Å². The second kappa shape index (κ2) is 8.06. The lowest BCUT2D eigenvalue weighted by Crippen LogP contribution is -2.27. The quantitative estimate of drug-likeness (QED) is 0.672. The van der Waals surface area contributed by atoms with E-state index in [-0.39, 0.29) is 22.0 Å². The molecule has 0 saturated heterocycles. The Labute approximate surface area is 162 Å². The Balaban J connectivity index is 2.81. The largest absolute Gasteiger partial charge is 0.465 e. The van der Waals surface area contributed by atoms with Gasteiger partial charge >= 0.3 is 18.1 Å². The van der Waals surface area contributed by atoms with Crippen LogP contribution in [0.25, 0.3) is 0 Å². The zero-order chi connectivity index (χ0) is 20.4. The van der Waals surface area contributed by atoms with Crippen molar-refractivity contribution >= 4 is 40.8 Å². The average Bonchev–Trinajstić information content (AvgIpc) is 2.83. The van der Waals surface area contributed by atoms with Gasteiger partial charge in [0.2, 0.25) is 0 Å².